The van der Waals surface area contributed by atoms with Crippen LogP contribution in [-0.2, 0) is 0 Å². The molecular formula is C8H19N3OS. The lowest BCUT2D eigenvalue weighted by Crippen LogP contribution is -2.63. The Bertz CT molecular complexity index is 157. The Morgan fingerprint density at radius 2 is 2.00 bits per heavy atom. The van der Waals surface area contributed by atoms with Crippen molar-refractivity contribution in [1.82, 2.24) is 4.90 Å². The first-order valence-corrected chi connectivity index (χ1v) is 5.65. The average molecular weight is 205 g/mol. The van der Waals surface area contributed by atoms with Gasteiger partial charge in [-0.3, -0.25) is 0 Å². The summed E-state index contributed by atoms with van der Waals surface area (Å²) in [7, 11) is 1.96. The second kappa shape index (κ2) is 4.61. The molecule has 2 fully saturated rings. The number of aliphatic hydroxyl groups is 1. The molecule has 4 nitrogen and oxygen atoms in total. The molecule has 2 heterocycles. The van der Waals surface area contributed by atoms with Gasteiger partial charge < -0.3 is 21.5 Å². The minimum atomic E-state index is -0.561. The van der Waals surface area contributed by atoms with Gasteiger partial charge in [0.05, 0.1) is 0 Å². The van der Waals surface area contributed by atoms with E-state index in [9.17, 15) is 5.11 Å². The van der Waals surface area contributed by atoms with Gasteiger partial charge in [-0.25, -0.2) is 0 Å². The summed E-state index contributed by atoms with van der Waals surface area (Å²) < 4.78 is 0. The highest BCUT2D eigenvalue weighted by Gasteiger charge is 2.37. The Morgan fingerprint density at radius 1 is 1.54 bits per heavy atom. The molecule has 0 aliphatic carbocycles. The molecule has 5 heteroatoms. The molecule has 0 bridgehead atoms. The van der Waals surface area contributed by atoms with Gasteiger partial charge in [0.25, 0.3) is 0 Å². The van der Waals surface area contributed by atoms with E-state index in [0.717, 1.165) is 13.1 Å². The number of hydrogen-bond acceptors (Lipinski definition) is 5. The summed E-state index contributed by atoms with van der Waals surface area (Å²) in [4.78, 5) is 2.03. The van der Waals surface area contributed by atoms with Crippen LogP contribution in [0.2, 0.25) is 0 Å². The third-order valence-corrected chi connectivity index (χ3v) is 3.50. The first kappa shape index (κ1) is 11.3. The van der Waals surface area contributed by atoms with Crippen molar-refractivity contribution in [2.75, 3.05) is 38.2 Å². The van der Waals surface area contributed by atoms with E-state index in [1.54, 1.807) is 0 Å². The summed E-state index contributed by atoms with van der Waals surface area (Å²) >= 11 is 1.92. The number of likely N-dealkylation sites (N-methyl/N-ethyl adjacent to an activating group) is 1. The van der Waals surface area contributed by atoms with Gasteiger partial charge in [0.2, 0.25) is 0 Å². The van der Waals surface area contributed by atoms with Gasteiger partial charge >= 0.3 is 0 Å². The first-order valence-electron chi connectivity index (χ1n) is 4.50. The molecule has 13 heavy (non-hydrogen) atoms. The van der Waals surface area contributed by atoms with Crippen LogP contribution < -0.4 is 11.5 Å². The molecule has 2 rings (SSSR count). The van der Waals surface area contributed by atoms with Gasteiger partial charge in [-0.15, -0.1) is 0 Å². The summed E-state index contributed by atoms with van der Waals surface area (Å²) in [5, 5.41) is 9.22. The fraction of sp³-hybridized carbons (Fsp3) is 1.00. The number of nitrogens with two attached hydrogens (primary N) is 2. The second-order valence-electron chi connectivity index (χ2n) is 3.90. The summed E-state index contributed by atoms with van der Waals surface area (Å²) in [5.41, 5.74) is 10.1. The van der Waals surface area contributed by atoms with Crippen molar-refractivity contribution < 1.29 is 5.11 Å². The highest BCUT2D eigenvalue weighted by atomic mass is 32.2. The molecule has 2 saturated heterocycles. The number of hydrogen-bond donors (Lipinski definition) is 3. The zero-order valence-electron chi connectivity index (χ0n) is 8.07. The Hall–Kier alpha value is 0.190. The normalized spacial score (nSPS) is 26.8. The Morgan fingerprint density at radius 3 is 2.08 bits per heavy atom. The molecule has 0 saturated carbocycles. The van der Waals surface area contributed by atoms with Gasteiger partial charge in [0.15, 0.2) is 0 Å². The van der Waals surface area contributed by atoms with E-state index >= 15 is 0 Å². The first-order chi connectivity index (χ1) is 6.06. The fourth-order valence-corrected chi connectivity index (χ4v) is 1.85. The maximum atomic E-state index is 9.22. The van der Waals surface area contributed by atoms with Gasteiger partial charge in [0, 0.05) is 37.2 Å². The van der Waals surface area contributed by atoms with Crippen molar-refractivity contribution in [2.45, 2.75) is 11.6 Å². The van der Waals surface area contributed by atoms with E-state index in [1.807, 2.05) is 23.7 Å². The molecule has 2 aliphatic rings. The number of thioether (sulfide) groups is 1. The lowest BCUT2D eigenvalue weighted by Gasteiger charge is -2.43. The van der Waals surface area contributed by atoms with Crippen molar-refractivity contribution in [3.05, 3.63) is 0 Å². The Kier molecular flexibility index (Phi) is 4.00. The molecule has 78 valence electrons. The van der Waals surface area contributed by atoms with E-state index < -0.39 is 5.60 Å². The minimum absolute atomic E-state index is 0.386. The van der Waals surface area contributed by atoms with Gasteiger partial charge in [-0.1, -0.05) is 0 Å². The smallest absolute Gasteiger partial charge is 0.102 e. The van der Waals surface area contributed by atoms with E-state index in [2.05, 4.69) is 0 Å². The minimum Gasteiger partial charge on any atom is -0.386 e. The Balaban J connectivity index is 0.000000145. The van der Waals surface area contributed by atoms with E-state index in [-0.39, 0.29) is 0 Å². The van der Waals surface area contributed by atoms with Crippen LogP contribution in [0.1, 0.15) is 0 Å². The van der Waals surface area contributed by atoms with Crippen molar-refractivity contribution in [3.8, 4) is 0 Å². The number of likely N-dealkylation sites (tertiary alicyclic amines) is 1. The molecule has 0 atom stereocenters. The monoisotopic (exact) mass is 205 g/mol. The van der Waals surface area contributed by atoms with Gasteiger partial charge in [-0.2, -0.15) is 11.8 Å². The molecule has 5 N–H and O–H groups in total. The maximum absolute atomic E-state index is 9.22. The maximum Gasteiger partial charge on any atom is 0.102 e. The quantitative estimate of drug-likeness (QED) is 0.495. The van der Waals surface area contributed by atoms with Crippen LogP contribution in [0.4, 0.5) is 0 Å². The van der Waals surface area contributed by atoms with E-state index in [0.29, 0.717) is 12.6 Å². The highest BCUT2D eigenvalue weighted by molar-refractivity contribution is 8.00. The van der Waals surface area contributed by atoms with Crippen LogP contribution in [0.3, 0.4) is 0 Å². The lowest BCUT2D eigenvalue weighted by molar-refractivity contribution is -0.0778. The number of nitrogens with zero attached hydrogens (tertiary/aromatic N) is 1. The standard InChI is InChI=1S/C5H12N2O.C3H7NS/c1-7-3-5(8,2-6)4-7;4-3-1-5-2-3/h8H,2-4,6H2,1H3;3H,1-2,4H2. The van der Waals surface area contributed by atoms with Crippen molar-refractivity contribution in [3.63, 3.8) is 0 Å². The zero-order valence-corrected chi connectivity index (χ0v) is 8.89. The predicted octanol–water partition coefficient (Wildman–Crippen LogP) is -1.32. The van der Waals surface area contributed by atoms with Gasteiger partial charge in [0.1, 0.15) is 5.60 Å². The van der Waals surface area contributed by atoms with Crippen LogP contribution in [0, 0.1) is 0 Å². The van der Waals surface area contributed by atoms with Crippen LogP contribution >= 0.6 is 11.8 Å². The molecule has 2 aliphatic heterocycles. The average Bonchev–Trinajstić information content (AvgIpc) is 1.99. The number of β-amino-alcohol motifs (C(OH)–C–C–N with tert-alkyl or cyclic N) is 1. The molecule has 0 aromatic heterocycles. The summed E-state index contributed by atoms with van der Waals surface area (Å²) in [5.74, 6) is 2.36. The van der Waals surface area contributed by atoms with Gasteiger partial charge in [-0.05, 0) is 7.05 Å². The lowest BCUT2D eigenvalue weighted by atomic mass is 9.96. The van der Waals surface area contributed by atoms with Crippen molar-refractivity contribution >= 4 is 11.8 Å². The zero-order chi connectivity index (χ0) is 9.90. The molecule has 0 spiro atoms. The van der Waals surface area contributed by atoms with Crippen molar-refractivity contribution in [1.29, 1.82) is 0 Å². The Labute approximate surface area is 83.6 Å². The second-order valence-corrected chi connectivity index (χ2v) is 4.97. The van der Waals surface area contributed by atoms with Crippen LogP contribution in [0.5, 0.6) is 0 Å². The van der Waals surface area contributed by atoms with Crippen molar-refractivity contribution in [2.24, 2.45) is 11.5 Å². The topological polar surface area (TPSA) is 75.5 Å². The molecule has 0 unspecified atom stereocenters. The fourth-order valence-electron chi connectivity index (χ4n) is 1.34. The third-order valence-electron chi connectivity index (χ3n) is 2.17. The van der Waals surface area contributed by atoms with E-state index in [4.69, 9.17) is 11.5 Å². The van der Waals surface area contributed by atoms with Crippen LogP contribution in [0.15, 0.2) is 0 Å². The molecule has 0 aromatic carbocycles. The summed E-state index contributed by atoms with van der Waals surface area (Å²) in [6.07, 6.45) is 0. The highest BCUT2D eigenvalue weighted by Crippen LogP contribution is 2.15. The molecular weight excluding hydrogens is 186 g/mol. The SMILES string of the molecule is CN1CC(O)(CN)C1.NC1CSC1. The number of rotatable bonds is 1. The third kappa shape index (κ3) is 3.44. The van der Waals surface area contributed by atoms with E-state index in [1.165, 1.54) is 11.5 Å². The molecule has 0 aromatic rings. The summed E-state index contributed by atoms with van der Waals surface area (Å²) in [6, 6.07) is 0.528. The van der Waals surface area contributed by atoms with Crippen LogP contribution in [0.25, 0.3) is 0 Å². The van der Waals surface area contributed by atoms with Crippen LogP contribution in [-0.4, -0.2) is 59.8 Å². The molecule has 0 amide bonds. The summed E-state index contributed by atoms with van der Waals surface area (Å²) in [6.45, 7) is 1.84. The molecule has 0 radical (unpaired) electrons. The predicted molar refractivity (Wildman–Crippen MR) is 56.8 cm³/mol. The largest absolute Gasteiger partial charge is 0.386 e.